The predicted octanol–water partition coefficient (Wildman–Crippen LogP) is 12.0. The van der Waals surface area contributed by atoms with E-state index in [0.29, 0.717) is 5.78 Å². The van der Waals surface area contributed by atoms with Gasteiger partial charge in [-0.1, -0.05) is 121 Å². The molecule has 0 atom stereocenters. The number of imidazole rings is 1. The number of hydrogen-bond donors (Lipinski definition) is 0. The van der Waals surface area contributed by atoms with Crippen molar-refractivity contribution in [2.75, 3.05) is 0 Å². The Morgan fingerprint density at radius 1 is 0.340 bits per heavy atom. The molecule has 0 saturated heterocycles. The summed E-state index contributed by atoms with van der Waals surface area (Å²) in [4.78, 5) is 10.5. The standard InChI is InChI=1S/C48H29N5/c1-3-13-30(14-4-1)46-47-37-20-8-7-17-34(37)44-29-45(49-48(50-46)53(44)47)52-41-22-12-10-19-36(41)39-28-32(24-26-43(39)52)31-23-25-42-38(27-31)35-18-9-11-21-40(35)51(42)33-15-5-2-6-16-33/h1-29H. The lowest BCUT2D eigenvalue weighted by Gasteiger charge is -2.09. The van der Waals surface area contributed by atoms with Gasteiger partial charge in [0.2, 0.25) is 5.78 Å². The van der Waals surface area contributed by atoms with Gasteiger partial charge in [0.15, 0.2) is 0 Å². The van der Waals surface area contributed by atoms with Crippen molar-refractivity contribution in [2.24, 2.45) is 0 Å². The van der Waals surface area contributed by atoms with Gasteiger partial charge in [0.05, 0.1) is 38.8 Å². The van der Waals surface area contributed by atoms with Crippen molar-refractivity contribution in [2.45, 2.75) is 0 Å². The van der Waals surface area contributed by atoms with Gasteiger partial charge in [0.25, 0.3) is 0 Å². The van der Waals surface area contributed by atoms with Gasteiger partial charge in [-0.3, -0.25) is 8.97 Å². The zero-order valence-electron chi connectivity index (χ0n) is 28.5. The third-order valence-electron chi connectivity index (χ3n) is 11.0. The lowest BCUT2D eigenvalue weighted by atomic mass is 10.0. The van der Waals surface area contributed by atoms with E-state index in [1.165, 1.54) is 54.5 Å². The fraction of sp³-hybridized carbons (Fsp3) is 0. The molecule has 53 heavy (non-hydrogen) atoms. The summed E-state index contributed by atoms with van der Waals surface area (Å²) >= 11 is 0. The Morgan fingerprint density at radius 2 is 0.849 bits per heavy atom. The number of nitrogens with zero attached hydrogens (tertiary/aromatic N) is 5. The van der Waals surface area contributed by atoms with Gasteiger partial charge >= 0.3 is 0 Å². The van der Waals surface area contributed by atoms with Crippen molar-refractivity contribution in [1.29, 1.82) is 0 Å². The summed E-state index contributed by atoms with van der Waals surface area (Å²) in [5.41, 5.74) is 12.4. The molecule has 12 rings (SSSR count). The summed E-state index contributed by atoms with van der Waals surface area (Å²) in [6.45, 7) is 0. The second-order valence-corrected chi connectivity index (χ2v) is 13.9. The van der Waals surface area contributed by atoms with Crippen molar-refractivity contribution < 1.29 is 0 Å². The Kier molecular flexibility index (Phi) is 5.71. The minimum Gasteiger partial charge on any atom is -0.309 e. The highest BCUT2D eigenvalue weighted by molar-refractivity contribution is 6.15. The van der Waals surface area contributed by atoms with Crippen LogP contribution in [0.3, 0.4) is 0 Å². The zero-order valence-corrected chi connectivity index (χ0v) is 28.5. The topological polar surface area (TPSA) is 40.0 Å². The lowest BCUT2D eigenvalue weighted by molar-refractivity contribution is 1.06. The molecule has 0 aliphatic heterocycles. The van der Waals surface area contributed by atoms with E-state index in [-0.39, 0.29) is 0 Å². The third kappa shape index (κ3) is 3.96. The predicted molar refractivity (Wildman–Crippen MR) is 219 cm³/mol. The van der Waals surface area contributed by atoms with Crippen LogP contribution in [0.25, 0.3) is 105 Å². The number of rotatable bonds is 4. The van der Waals surface area contributed by atoms with E-state index in [4.69, 9.17) is 9.97 Å². The van der Waals surface area contributed by atoms with E-state index in [1.54, 1.807) is 0 Å². The van der Waals surface area contributed by atoms with Gasteiger partial charge in [-0.05, 0) is 59.7 Å². The highest BCUT2D eigenvalue weighted by Gasteiger charge is 2.23. The van der Waals surface area contributed by atoms with Gasteiger partial charge in [-0.25, -0.2) is 4.98 Å². The molecule has 0 bridgehead atoms. The Bertz CT molecular complexity index is 3390. The first kappa shape index (κ1) is 28.5. The van der Waals surface area contributed by atoms with Crippen molar-refractivity contribution >= 4 is 71.2 Å². The number of benzene rings is 7. The van der Waals surface area contributed by atoms with Crippen LogP contribution in [-0.4, -0.2) is 23.5 Å². The van der Waals surface area contributed by atoms with E-state index < -0.39 is 0 Å². The average Bonchev–Trinajstić information content (AvgIpc) is 3.96. The molecule has 246 valence electrons. The van der Waals surface area contributed by atoms with Crippen LogP contribution in [0.1, 0.15) is 0 Å². The maximum atomic E-state index is 5.29. The van der Waals surface area contributed by atoms with Crippen molar-refractivity contribution in [3.63, 3.8) is 0 Å². The molecule has 0 amide bonds. The summed E-state index contributed by atoms with van der Waals surface area (Å²) in [7, 11) is 0. The van der Waals surface area contributed by atoms with Crippen LogP contribution in [0.4, 0.5) is 0 Å². The van der Waals surface area contributed by atoms with Crippen molar-refractivity contribution in [3.8, 4) is 33.9 Å². The molecule has 5 heteroatoms. The minimum absolute atomic E-state index is 0.702. The van der Waals surface area contributed by atoms with Crippen molar-refractivity contribution in [3.05, 3.63) is 176 Å². The molecule has 0 N–H and O–H groups in total. The Morgan fingerprint density at radius 3 is 1.51 bits per heavy atom. The molecular formula is C48H29N5. The quantitative estimate of drug-likeness (QED) is 0.186. The molecule has 0 aliphatic rings. The Labute approximate surface area is 303 Å². The summed E-state index contributed by atoms with van der Waals surface area (Å²) in [5, 5.41) is 7.26. The van der Waals surface area contributed by atoms with Crippen LogP contribution in [0.15, 0.2) is 176 Å². The van der Waals surface area contributed by atoms with Crippen LogP contribution >= 0.6 is 0 Å². The highest BCUT2D eigenvalue weighted by atomic mass is 15.2. The molecule has 0 saturated carbocycles. The smallest absolute Gasteiger partial charge is 0.237 e. The van der Waals surface area contributed by atoms with Crippen molar-refractivity contribution in [1.82, 2.24) is 23.5 Å². The fourth-order valence-corrected chi connectivity index (χ4v) is 8.71. The largest absolute Gasteiger partial charge is 0.309 e. The molecule has 0 unspecified atom stereocenters. The number of fused-ring (bicyclic) bond motifs is 9. The van der Waals surface area contributed by atoms with Gasteiger partial charge in [-0.2, -0.15) is 4.98 Å². The van der Waals surface area contributed by atoms with Gasteiger partial charge < -0.3 is 4.57 Å². The van der Waals surface area contributed by atoms with E-state index >= 15 is 0 Å². The summed E-state index contributed by atoms with van der Waals surface area (Å²) in [6, 6.07) is 63.0. The Balaban J connectivity index is 1.07. The molecule has 12 aromatic rings. The molecule has 0 fully saturated rings. The number of hydrogen-bond acceptors (Lipinski definition) is 2. The zero-order chi connectivity index (χ0) is 34.6. The maximum Gasteiger partial charge on any atom is 0.237 e. The first-order valence-corrected chi connectivity index (χ1v) is 18.0. The summed E-state index contributed by atoms with van der Waals surface area (Å²) < 4.78 is 6.90. The number of aromatic nitrogens is 5. The van der Waals surface area contributed by atoms with Crippen LogP contribution in [0, 0.1) is 0 Å². The van der Waals surface area contributed by atoms with E-state index in [1.807, 2.05) is 6.07 Å². The van der Waals surface area contributed by atoms with Crippen LogP contribution in [-0.2, 0) is 0 Å². The SMILES string of the molecule is c1ccc(-c2nc3nc(-n4c5ccccc5c5cc(-c6ccc7c(c6)c6ccccc6n7-c6ccccc6)ccc54)cc4c5ccccc5c2n34)cc1. The fourth-order valence-electron chi connectivity index (χ4n) is 8.71. The second kappa shape index (κ2) is 10.6. The number of para-hydroxylation sites is 3. The monoisotopic (exact) mass is 675 g/mol. The first-order valence-electron chi connectivity index (χ1n) is 18.0. The van der Waals surface area contributed by atoms with E-state index in [0.717, 1.165) is 44.8 Å². The molecule has 0 radical (unpaired) electrons. The average molecular weight is 676 g/mol. The minimum atomic E-state index is 0.702. The van der Waals surface area contributed by atoms with E-state index in [9.17, 15) is 0 Å². The van der Waals surface area contributed by atoms with Gasteiger partial charge in [-0.15, -0.1) is 0 Å². The molecule has 0 aliphatic carbocycles. The van der Waals surface area contributed by atoms with Crippen LogP contribution in [0.2, 0.25) is 0 Å². The summed E-state index contributed by atoms with van der Waals surface area (Å²) in [5.74, 6) is 1.56. The van der Waals surface area contributed by atoms with Gasteiger partial charge in [0.1, 0.15) is 5.82 Å². The highest BCUT2D eigenvalue weighted by Crippen LogP contribution is 2.41. The normalized spacial score (nSPS) is 12.2. The molecule has 5 nitrogen and oxygen atoms in total. The third-order valence-corrected chi connectivity index (χ3v) is 11.0. The molecule has 7 aromatic carbocycles. The first-order chi connectivity index (χ1) is 26.3. The Hall–Kier alpha value is -7.24. The van der Waals surface area contributed by atoms with Crippen LogP contribution < -0.4 is 0 Å². The summed E-state index contributed by atoms with van der Waals surface area (Å²) in [6.07, 6.45) is 0. The second-order valence-electron chi connectivity index (χ2n) is 13.9. The maximum absolute atomic E-state index is 5.29. The molecular weight excluding hydrogens is 647 g/mol. The van der Waals surface area contributed by atoms with Crippen LogP contribution in [0.5, 0.6) is 0 Å². The molecule has 5 heterocycles. The van der Waals surface area contributed by atoms with E-state index in [2.05, 4.69) is 183 Å². The molecule has 0 spiro atoms. The molecule has 5 aromatic heterocycles. The lowest BCUT2D eigenvalue weighted by Crippen LogP contribution is -2.00. The van der Waals surface area contributed by atoms with Gasteiger partial charge in [0, 0.05) is 49.6 Å².